The summed E-state index contributed by atoms with van der Waals surface area (Å²) in [6.45, 7) is 9.76. The molecule has 1 N–H and O–H groups in total. The fourth-order valence-electron chi connectivity index (χ4n) is 2.36. The van der Waals surface area contributed by atoms with E-state index in [2.05, 4.69) is 51.2 Å². The smallest absolute Gasteiger partial charge is 0.0438 e. The van der Waals surface area contributed by atoms with Crippen LogP contribution in [0.5, 0.6) is 0 Å². The van der Waals surface area contributed by atoms with E-state index in [-0.39, 0.29) is 0 Å². The Morgan fingerprint density at radius 1 is 1.17 bits per heavy atom. The molecule has 2 heteroatoms. The van der Waals surface area contributed by atoms with Crippen LogP contribution in [0.4, 0.5) is 0 Å². The predicted molar refractivity (Wildman–Crippen MR) is 81.3 cm³/mol. The van der Waals surface area contributed by atoms with Crippen molar-refractivity contribution in [1.29, 1.82) is 0 Å². The zero-order chi connectivity index (χ0) is 13.5. The van der Waals surface area contributed by atoms with Crippen molar-refractivity contribution < 1.29 is 0 Å². The third-order valence-electron chi connectivity index (χ3n) is 3.77. The molecule has 1 aromatic carbocycles. The lowest BCUT2D eigenvalue weighted by atomic mass is 9.91. The lowest BCUT2D eigenvalue weighted by Gasteiger charge is -2.23. The summed E-state index contributed by atoms with van der Waals surface area (Å²) in [5.74, 6) is 0.786. The molecule has 0 radical (unpaired) electrons. The molecule has 0 aromatic heterocycles. The third-order valence-corrected chi connectivity index (χ3v) is 4.18. The Bertz CT molecular complexity index is 358. The summed E-state index contributed by atoms with van der Waals surface area (Å²) in [6.07, 6.45) is 3.69. The van der Waals surface area contributed by atoms with Crippen molar-refractivity contribution in [2.75, 3.05) is 6.54 Å². The van der Waals surface area contributed by atoms with E-state index in [0.717, 1.165) is 23.0 Å². The molecule has 0 aliphatic heterocycles. The summed E-state index contributed by atoms with van der Waals surface area (Å²) in [4.78, 5) is 0. The maximum absolute atomic E-state index is 6.23. The Labute approximate surface area is 117 Å². The second kappa shape index (κ2) is 7.81. The van der Waals surface area contributed by atoms with Gasteiger partial charge in [-0.15, -0.1) is 0 Å². The number of hydrogen-bond acceptors (Lipinski definition) is 1. The standard InChI is InChI=1S/C16H26ClN/c1-5-13(6-2)10-16(18-7-3)14-9-8-12(4)15(17)11-14/h8-9,11,13,16,18H,5-7,10H2,1-4H3. The number of aryl methyl sites for hydroxylation is 1. The Hall–Kier alpha value is -0.530. The fraction of sp³-hybridized carbons (Fsp3) is 0.625. The second-order valence-electron chi connectivity index (χ2n) is 5.04. The van der Waals surface area contributed by atoms with Gasteiger partial charge < -0.3 is 5.32 Å². The first-order valence-electron chi connectivity index (χ1n) is 7.11. The summed E-state index contributed by atoms with van der Waals surface area (Å²) in [6, 6.07) is 6.87. The van der Waals surface area contributed by atoms with Gasteiger partial charge >= 0.3 is 0 Å². The Kier molecular flexibility index (Phi) is 6.73. The number of nitrogens with one attached hydrogen (secondary N) is 1. The van der Waals surface area contributed by atoms with Gasteiger partial charge in [-0.3, -0.25) is 0 Å². The van der Waals surface area contributed by atoms with Gasteiger partial charge in [0, 0.05) is 11.1 Å². The van der Waals surface area contributed by atoms with Gasteiger partial charge in [0.05, 0.1) is 0 Å². The van der Waals surface area contributed by atoms with Gasteiger partial charge in [0.2, 0.25) is 0 Å². The number of rotatable bonds is 7. The molecule has 0 aliphatic carbocycles. The highest BCUT2D eigenvalue weighted by molar-refractivity contribution is 6.31. The van der Waals surface area contributed by atoms with Crippen LogP contribution in [0.15, 0.2) is 18.2 Å². The predicted octanol–water partition coefficient (Wildman–Crippen LogP) is 5.13. The van der Waals surface area contributed by atoms with Crippen molar-refractivity contribution in [2.24, 2.45) is 5.92 Å². The molecule has 0 aliphatic rings. The van der Waals surface area contributed by atoms with Gasteiger partial charge in [0.25, 0.3) is 0 Å². The van der Waals surface area contributed by atoms with Crippen LogP contribution in [0.1, 0.15) is 57.2 Å². The lowest BCUT2D eigenvalue weighted by molar-refractivity contribution is 0.375. The molecule has 0 saturated heterocycles. The Balaban J connectivity index is 2.85. The zero-order valence-electron chi connectivity index (χ0n) is 12.1. The number of hydrogen-bond donors (Lipinski definition) is 1. The van der Waals surface area contributed by atoms with Crippen molar-refractivity contribution in [1.82, 2.24) is 5.32 Å². The van der Waals surface area contributed by atoms with Gasteiger partial charge in [0.1, 0.15) is 0 Å². The highest BCUT2D eigenvalue weighted by Crippen LogP contribution is 2.28. The molecule has 0 bridgehead atoms. The van der Waals surface area contributed by atoms with Crippen LogP contribution < -0.4 is 5.32 Å². The van der Waals surface area contributed by atoms with E-state index in [4.69, 9.17) is 11.6 Å². The molecule has 0 saturated carbocycles. The van der Waals surface area contributed by atoms with Gasteiger partial charge in [-0.25, -0.2) is 0 Å². The van der Waals surface area contributed by atoms with Crippen LogP contribution in [0.3, 0.4) is 0 Å². The van der Waals surface area contributed by atoms with Gasteiger partial charge in [-0.2, -0.15) is 0 Å². The maximum atomic E-state index is 6.23. The third kappa shape index (κ3) is 4.29. The molecule has 102 valence electrons. The van der Waals surface area contributed by atoms with Crippen molar-refractivity contribution in [2.45, 2.75) is 53.0 Å². The summed E-state index contributed by atoms with van der Waals surface area (Å²) in [7, 11) is 0. The van der Waals surface area contributed by atoms with Crippen molar-refractivity contribution in [3.8, 4) is 0 Å². The summed E-state index contributed by atoms with van der Waals surface area (Å²) in [5, 5.41) is 4.46. The van der Waals surface area contributed by atoms with Gasteiger partial charge in [0.15, 0.2) is 0 Å². The molecular formula is C16H26ClN. The van der Waals surface area contributed by atoms with E-state index >= 15 is 0 Å². The molecular weight excluding hydrogens is 242 g/mol. The molecule has 1 rings (SSSR count). The van der Waals surface area contributed by atoms with Crippen molar-refractivity contribution in [3.05, 3.63) is 34.3 Å². The summed E-state index contributed by atoms with van der Waals surface area (Å²) >= 11 is 6.23. The SMILES string of the molecule is CCNC(CC(CC)CC)c1ccc(C)c(Cl)c1. The van der Waals surface area contributed by atoms with Crippen LogP contribution in [0.2, 0.25) is 5.02 Å². The minimum atomic E-state index is 0.429. The average Bonchev–Trinajstić information content (AvgIpc) is 2.38. The second-order valence-corrected chi connectivity index (χ2v) is 5.44. The monoisotopic (exact) mass is 267 g/mol. The first kappa shape index (κ1) is 15.5. The van der Waals surface area contributed by atoms with E-state index in [0.29, 0.717) is 6.04 Å². The van der Waals surface area contributed by atoms with E-state index in [1.165, 1.54) is 24.8 Å². The molecule has 0 spiro atoms. The van der Waals surface area contributed by atoms with Crippen LogP contribution in [-0.2, 0) is 0 Å². The average molecular weight is 268 g/mol. The quantitative estimate of drug-likeness (QED) is 0.723. The van der Waals surface area contributed by atoms with Crippen LogP contribution in [0, 0.1) is 12.8 Å². The topological polar surface area (TPSA) is 12.0 Å². The minimum Gasteiger partial charge on any atom is -0.310 e. The highest BCUT2D eigenvalue weighted by Gasteiger charge is 2.15. The minimum absolute atomic E-state index is 0.429. The van der Waals surface area contributed by atoms with Crippen LogP contribution in [0.25, 0.3) is 0 Å². The summed E-state index contributed by atoms with van der Waals surface area (Å²) in [5.41, 5.74) is 2.47. The molecule has 0 amide bonds. The molecule has 1 nitrogen and oxygen atoms in total. The lowest BCUT2D eigenvalue weighted by Crippen LogP contribution is -2.23. The van der Waals surface area contributed by atoms with Crippen molar-refractivity contribution in [3.63, 3.8) is 0 Å². The van der Waals surface area contributed by atoms with Crippen LogP contribution in [-0.4, -0.2) is 6.54 Å². The van der Waals surface area contributed by atoms with Crippen LogP contribution >= 0.6 is 11.6 Å². The van der Waals surface area contributed by atoms with E-state index in [9.17, 15) is 0 Å². The van der Waals surface area contributed by atoms with Gasteiger partial charge in [-0.1, -0.05) is 57.3 Å². The van der Waals surface area contributed by atoms with E-state index < -0.39 is 0 Å². The van der Waals surface area contributed by atoms with Gasteiger partial charge in [-0.05, 0) is 43.0 Å². The largest absolute Gasteiger partial charge is 0.310 e. The molecule has 1 aromatic rings. The Morgan fingerprint density at radius 2 is 1.83 bits per heavy atom. The number of benzene rings is 1. The van der Waals surface area contributed by atoms with E-state index in [1.54, 1.807) is 0 Å². The molecule has 0 heterocycles. The fourth-order valence-corrected chi connectivity index (χ4v) is 2.55. The molecule has 1 unspecified atom stereocenters. The zero-order valence-corrected chi connectivity index (χ0v) is 12.8. The van der Waals surface area contributed by atoms with Crippen molar-refractivity contribution >= 4 is 11.6 Å². The summed E-state index contributed by atoms with van der Waals surface area (Å²) < 4.78 is 0. The first-order chi connectivity index (χ1) is 8.62. The Morgan fingerprint density at radius 3 is 2.33 bits per heavy atom. The van der Waals surface area contributed by atoms with E-state index in [1.807, 2.05) is 0 Å². The molecule has 1 atom stereocenters. The number of halogens is 1. The molecule has 0 fully saturated rings. The molecule has 18 heavy (non-hydrogen) atoms. The maximum Gasteiger partial charge on any atom is 0.0438 e. The normalized spacial score (nSPS) is 13.0. The highest BCUT2D eigenvalue weighted by atomic mass is 35.5. The first-order valence-corrected chi connectivity index (χ1v) is 7.49.